The molecule has 0 spiro atoms. The lowest BCUT2D eigenvalue weighted by Gasteiger charge is -2.19. The molecule has 7 nitrogen and oxygen atoms in total. The van der Waals surface area contributed by atoms with E-state index in [1.165, 1.54) is 0 Å². The zero-order chi connectivity index (χ0) is 19.8. The third-order valence-electron chi connectivity index (χ3n) is 4.02. The summed E-state index contributed by atoms with van der Waals surface area (Å²) in [6, 6.07) is 17.7. The third kappa shape index (κ3) is 5.57. The smallest absolute Gasteiger partial charge is 0.300 e. The summed E-state index contributed by atoms with van der Waals surface area (Å²) < 4.78 is 5.87. The van der Waals surface area contributed by atoms with Crippen LogP contribution in [-0.4, -0.2) is 41.0 Å². The second kappa shape index (κ2) is 9.38. The molecule has 3 rings (SSSR count). The molecule has 0 radical (unpaired) electrons. The SMILES string of the molecule is CC(=O)O.N=C(N)C1CCN(COc2ccccc2-c2ccccc2)C1=O. The molecule has 0 saturated carbocycles. The summed E-state index contributed by atoms with van der Waals surface area (Å²) in [4.78, 5) is 22.8. The van der Waals surface area contributed by atoms with Gasteiger partial charge in [0.25, 0.3) is 5.97 Å². The highest BCUT2D eigenvalue weighted by atomic mass is 16.5. The Bertz CT molecular complexity index is 804. The number of amides is 1. The summed E-state index contributed by atoms with van der Waals surface area (Å²) >= 11 is 0. The number of hydrogen-bond acceptors (Lipinski definition) is 4. The lowest BCUT2D eigenvalue weighted by atomic mass is 10.1. The number of carboxylic acids is 1. The fourth-order valence-electron chi connectivity index (χ4n) is 2.75. The number of carboxylic acid groups (broad SMARTS) is 1. The van der Waals surface area contributed by atoms with E-state index in [2.05, 4.69) is 0 Å². The number of carbonyl (C=O) groups excluding carboxylic acids is 1. The summed E-state index contributed by atoms with van der Waals surface area (Å²) in [6.45, 7) is 1.82. The molecular weight excluding hydrogens is 346 g/mol. The molecule has 1 saturated heterocycles. The quantitative estimate of drug-likeness (QED) is 0.553. The maximum atomic E-state index is 12.1. The Morgan fingerprint density at radius 3 is 2.41 bits per heavy atom. The van der Waals surface area contributed by atoms with Crippen molar-refractivity contribution in [1.29, 1.82) is 5.41 Å². The van der Waals surface area contributed by atoms with Crippen molar-refractivity contribution in [2.45, 2.75) is 13.3 Å². The number of amidine groups is 1. The van der Waals surface area contributed by atoms with Gasteiger partial charge in [-0.1, -0.05) is 48.5 Å². The normalized spacial score (nSPS) is 15.7. The summed E-state index contributed by atoms with van der Waals surface area (Å²) in [7, 11) is 0. The van der Waals surface area contributed by atoms with E-state index in [0.29, 0.717) is 13.0 Å². The average Bonchev–Trinajstić information content (AvgIpc) is 3.01. The minimum atomic E-state index is -0.833. The number of carbonyl (C=O) groups is 2. The first-order valence-electron chi connectivity index (χ1n) is 8.49. The number of para-hydroxylation sites is 1. The summed E-state index contributed by atoms with van der Waals surface area (Å²) in [5.74, 6) is -0.794. The number of aliphatic carboxylic acids is 1. The van der Waals surface area contributed by atoms with Gasteiger partial charge >= 0.3 is 0 Å². The van der Waals surface area contributed by atoms with Crippen LogP contribution < -0.4 is 10.5 Å². The van der Waals surface area contributed by atoms with E-state index in [1.807, 2.05) is 54.6 Å². The molecule has 1 aliphatic rings. The fraction of sp³-hybridized carbons (Fsp3) is 0.250. The number of ether oxygens (including phenoxy) is 1. The van der Waals surface area contributed by atoms with E-state index in [1.54, 1.807) is 4.90 Å². The van der Waals surface area contributed by atoms with E-state index in [-0.39, 0.29) is 18.5 Å². The first-order valence-corrected chi connectivity index (χ1v) is 8.49. The molecule has 1 aliphatic heterocycles. The molecule has 0 aliphatic carbocycles. The Balaban J connectivity index is 0.000000596. The minimum Gasteiger partial charge on any atom is -0.481 e. The van der Waals surface area contributed by atoms with Gasteiger partial charge in [0.15, 0.2) is 6.73 Å². The molecule has 142 valence electrons. The number of nitrogens with one attached hydrogen (secondary N) is 1. The molecule has 0 aromatic heterocycles. The van der Waals surface area contributed by atoms with Crippen LogP contribution in [0.2, 0.25) is 0 Å². The highest BCUT2D eigenvalue weighted by Gasteiger charge is 2.33. The van der Waals surface area contributed by atoms with Crippen LogP contribution in [0.1, 0.15) is 13.3 Å². The zero-order valence-corrected chi connectivity index (χ0v) is 15.1. The molecule has 2 aromatic carbocycles. The van der Waals surface area contributed by atoms with Crippen LogP contribution in [0.25, 0.3) is 11.1 Å². The van der Waals surface area contributed by atoms with Gasteiger partial charge in [0, 0.05) is 19.0 Å². The average molecular weight is 369 g/mol. The minimum absolute atomic E-state index is 0.0674. The van der Waals surface area contributed by atoms with Crippen LogP contribution in [-0.2, 0) is 9.59 Å². The van der Waals surface area contributed by atoms with Gasteiger partial charge in [-0.15, -0.1) is 0 Å². The monoisotopic (exact) mass is 369 g/mol. The number of nitrogens with two attached hydrogens (primary N) is 1. The molecule has 27 heavy (non-hydrogen) atoms. The topological polar surface area (TPSA) is 117 Å². The van der Waals surface area contributed by atoms with Gasteiger partial charge in [0.05, 0.1) is 5.92 Å². The molecule has 1 atom stereocenters. The number of rotatable bonds is 5. The molecule has 1 heterocycles. The van der Waals surface area contributed by atoms with Crippen molar-refractivity contribution in [1.82, 2.24) is 4.90 Å². The van der Waals surface area contributed by atoms with Crippen molar-refractivity contribution in [2.75, 3.05) is 13.3 Å². The van der Waals surface area contributed by atoms with Gasteiger partial charge in [-0.05, 0) is 18.1 Å². The molecule has 1 amide bonds. The van der Waals surface area contributed by atoms with Crippen LogP contribution in [0.5, 0.6) is 5.75 Å². The zero-order valence-electron chi connectivity index (χ0n) is 15.1. The number of hydrogen-bond donors (Lipinski definition) is 3. The van der Waals surface area contributed by atoms with E-state index >= 15 is 0 Å². The van der Waals surface area contributed by atoms with Crippen molar-refractivity contribution < 1.29 is 19.4 Å². The number of nitrogens with zero attached hydrogens (tertiary/aromatic N) is 1. The second-order valence-corrected chi connectivity index (χ2v) is 6.05. The van der Waals surface area contributed by atoms with E-state index in [4.69, 9.17) is 25.8 Å². The van der Waals surface area contributed by atoms with Crippen molar-refractivity contribution >= 4 is 17.7 Å². The number of benzene rings is 2. The predicted octanol–water partition coefficient (Wildman–Crippen LogP) is 2.57. The Morgan fingerprint density at radius 2 is 1.81 bits per heavy atom. The molecule has 4 N–H and O–H groups in total. The van der Waals surface area contributed by atoms with Crippen molar-refractivity contribution in [3.05, 3.63) is 54.6 Å². The van der Waals surface area contributed by atoms with Crippen molar-refractivity contribution in [3.63, 3.8) is 0 Å². The van der Waals surface area contributed by atoms with E-state index in [0.717, 1.165) is 23.8 Å². The van der Waals surface area contributed by atoms with Crippen LogP contribution in [0.4, 0.5) is 0 Å². The molecule has 0 bridgehead atoms. The number of likely N-dealkylation sites (tertiary alicyclic amines) is 1. The van der Waals surface area contributed by atoms with Crippen molar-refractivity contribution in [2.24, 2.45) is 11.7 Å². The maximum absolute atomic E-state index is 12.1. The second-order valence-electron chi connectivity index (χ2n) is 6.05. The van der Waals surface area contributed by atoms with E-state index < -0.39 is 11.9 Å². The first-order chi connectivity index (χ1) is 12.9. The van der Waals surface area contributed by atoms with Crippen LogP contribution in [0, 0.1) is 11.3 Å². The van der Waals surface area contributed by atoms with Crippen LogP contribution >= 0.6 is 0 Å². The Kier molecular flexibility index (Phi) is 6.93. The fourth-order valence-corrected chi connectivity index (χ4v) is 2.75. The summed E-state index contributed by atoms with van der Waals surface area (Å²) in [5.41, 5.74) is 7.51. The van der Waals surface area contributed by atoms with Gasteiger partial charge in [-0.2, -0.15) is 0 Å². The largest absolute Gasteiger partial charge is 0.481 e. The first kappa shape index (κ1) is 20.0. The summed E-state index contributed by atoms with van der Waals surface area (Å²) in [6.07, 6.45) is 0.581. The molecule has 1 unspecified atom stereocenters. The Labute approximate surface area is 157 Å². The van der Waals surface area contributed by atoms with Gasteiger partial charge in [-0.25, -0.2) is 0 Å². The lowest BCUT2D eigenvalue weighted by molar-refractivity contribution is -0.134. The van der Waals surface area contributed by atoms with Crippen LogP contribution in [0.15, 0.2) is 54.6 Å². The molecule has 1 fully saturated rings. The van der Waals surface area contributed by atoms with E-state index in [9.17, 15) is 4.79 Å². The highest BCUT2D eigenvalue weighted by molar-refractivity contribution is 6.02. The summed E-state index contributed by atoms with van der Waals surface area (Å²) in [5, 5.41) is 14.9. The van der Waals surface area contributed by atoms with Gasteiger partial charge < -0.3 is 20.5 Å². The maximum Gasteiger partial charge on any atom is 0.300 e. The van der Waals surface area contributed by atoms with Crippen molar-refractivity contribution in [3.8, 4) is 16.9 Å². The third-order valence-corrected chi connectivity index (χ3v) is 4.02. The lowest BCUT2D eigenvalue weighted by Crippen LogP contribution is -2.35. The molecule has 7 heteroatoms. The molecule has 2 aromatic rings. The van der Waals surface area contributed by atoms with Gasteiger partial charge in [0.2, 0.25) is 5.91 Å². The van der Waals surface area contributed by atoms with Gasteiger partial charge in [0.1, 0.15) is 11.6 Å². The predicted molar refractivity (Wildman–Crippen MR) is 102 cm³/mol. The Morgan fingerprint density at radius 1 is 1.22 bits per heavy atom. The van der Waals surface area contributed by atoms with Gasteiger partial charge in [-0.3, -0.25) is 15.0 Å². The standard InChI is InChI=1S/C18H19N3O2.C2H4O2/c19-17(20)15-10-11-21(18(15)22)12-23-16-9-5-4-8-14(16)13-6-2-1-3-7-13;1-2(3)4/h1-9,15H,10-12H2,(H3,19,20);1H3,(H,3,4). The Hall–Kier alpha value is -3.35. The highest BCUT2D eigenvalue weighted by Crippen LogP contribution is 2.30. The van der Waals surface area contributed by atoms with Crippen LogP contribution in [0.3, 0.4) is 0 Å². The molecular formula is C20H23N3O4.